The van der Waals surface area contributed by atoms with Crippen molar-refractivity contribution < 1.29 is 4.79 Å². The number of nitrogens with zero attached hydrogens (tertiary/aromatic N) is 2. The standard InChI is InChI=1S/C21H24N4O2S/c22-15-7-5-14(6-8-15)9-11-23-18(26)10-12-25-13-24-20-19(21(25)27)16-3-1-2-4-17(16)28-20/h5-8,13H,1-4,9-12,22H2,(H,23,26). The molecule has 2 aromatic heterocycles. The highest BCUT2D eigenvalue weighted by Gasteiger charge is 2.20. The first-order valence-corrected chi connectivity index (χ1v) is 10.5. The average Bonchev–Trinajstić information content (AvgIpc) is 3.08. The lowest BCUT2D eigenvalue weighted by atomic mass is 9.97. The van der Waals surface area contributed by atoms with Crippen molar-refractivity contribution >= 4 is 33.1 Å². The molecule has 4 rings (SSSR count). The van der Waals surface area contributed by atoms with E-state index in [0.717, 1.165) is 47.2 Å². The van der Waals surface area contributed by atoms with E-state index in [-0.39, 0.29) is 17.9 Å². The van der Waals surface area contributed by atoms with Crippen LogP contribution >= 0.6 is 11.3 Å². The minimum atomic E-state index is -0.0604. The number of benzene rings is 1. The number of carbonyl (C=O) groups excluding carboxylic acids is 1. The summed E-state index contributed by atoms with van der Waals surface area (Å²) in [6.45, 7) is 0.910. The van der Waals surface area contributed by atoms with Gasteiger partial charge >= 0.3 is 0 Å². The lowest BCUT2D eigenvalue weighted by molar-refractivity contribution is -0.121. The molecule has 0 fully saturated rings. The molecule has 0 spiro atoms. The van der Waals surface area contributed by atoms with Crippen molar-refractivity contribution in [3.05, 3.63) is 57.0 Å². The Balaban J connectivity index is 1.36. The van der Waals surface area contributed by atoms with Gasteiger partial charge in [-0.05, 0) is 55.4 Å². The zero-order valence-corrected chi connectivity index (χ0v) is 16.6. The minimum Gasteiger partial charge on any atom is -0.399 e. The maximum atomic E-state index is 12.9. The van der Waals surface area contributed by atoms with Gasteiger partial charge in [0.1, 0.15) is 4.83 Å². The number of nitrogen functional groups attached to an aromatic ring is 1. The van der Waals surface area contributed by atoms with Gasteiger partial charge in [0, 0.05) is 30.1 Å². The number of aromatic nitrogens is 2. The van der Waals surface area contributed by atoms with Crippen LogP contribution in [0.1, 0.15) is 35.3 Å². The summed E-state index contributed by atoms with van der Waals surface area (Å²) in [5.74, 6) is -0.0604. The van der Waals surface area contributed by atoms with Crippen molar-refractivity contribution in [2.24, 2.45) is 0 Å². The van der Waals surface area contributed by atoms with Crippen LogP contribution in [0.25, 0.3) is 10.2 Å². The van der Waals surface area contributed by atoms with E-state index in [9.17, 15) is 9.59 Å². The van der Waals surface area contributed by atoms with Crippen molar-refractivity contribution in [1.82, 2.24) is 14.9 Å². The van der Waals surface area contributed by atoms with Gasteiger partial charge < -0.3 is 11.1 Å². The van der Waals surface area contributed by atoms with Gasteiger partial charge in [-0.25, -0.2) is 4.98 Å². The number of nitrogens with one attached hydrogen (secondary N) is 1. The van der Waals surface area contributed by atoms with Crippen LogP contribution in [0.3, 0.4) is 0 Å². The van der Waals surface area contributed by atoms with E-state index in [1.54, 1.807) is 22.2 Å². The number of aryl methyl sites for hydroxylation is 3. The molecule has 0 bridgehead atoms. The highest BCUT2D eigenvalue weighted by molar-refractivity contribution is 7.18. The van der Waals surface area contributed by atoms with E-state index < -0.39 is 0 Å². The molecule has 1 aromatic carbocycles. The fraction of sp³-hybridized carbons (Fsp3) is 0.381. The topological polar surface area (TPSA) is 90.0 Å². The van der Waals surface area contributed by atoms with E-state index in [2.05, 4.69) is 10.3 Å². The van der Waals surface area contributed by atoms with Crippen molar-refractivity contribution in [3.63, 3.8) is 0 Å². The second-order valence-electron chi connectivity index (χ2n) is 7.23. The van der Waals surface area contributed by atoms with Gasteiger partial charge in [0.2, 0.25) is 5.91 Å². The first-order valence-electron chi connectivity index (χ1n) is 9.72. The molecule has 7 heteroatoms. The third-order valence-electron chi connectivity index (χ3n) is 5.24. The summed E-state index contributed by atoms with van der Waals surface area (Å²) in [7, 11) is 0. The van der Waals surface area contributed by atoms with Crippen molar-refractivity contribution in [2.45, 2.75) is 45.1 Å². The predicted molar refractivity (Wildman–Crippen MR) is 113 cm³/mol. The molecular weight excluding hydrogens is 372 g/mol. The summed E-state index contributed by atoms with van der Waals surface area (Å²) < 4.78 is 1.57. The van der Waals surface area contributed by atoms with Gasteiger partial charge in [-0.3, -0.25) is 14.2 Å². The Bertz CT molecular complexity index is 1050. The zero-order chi connectivity index (χ0) is 19.5. The highest BCUT2D eigenvalue weighted by Crippen LogP contribution is 2.33. The van der Waals surface area contributed by atoms with E-state index >= 15 is 0 Å². The SMILES string of the molecule is Nc1ccc(CCNC(=O)CCn2cnc3sc4c(c3c2=O)CCCC4)cc1. The summed E-state index contributed by atoms with van der Waals surface area (Å²) >= 11 is 1.65. The van der Waals surface area contributed by atoms with Crippen molar-refractivity contribution in [3.8, 4) is 0 Å². The Morgan fingerprint density at radius 3 is 2.82 bits per heavy atom. The van der Waals surface area contributed by atoms with Gasteiger partial charge in [0.05, 0.1) is 11.7 Å². The number of carbonyl (C=O) groups is 1. The average molecular weight is 397 g/mol. The summed E-state index contributed by atoms with van der Waals surface area (Å²) in [5.41, 5.74) is 8.70. The van der Waals surface area contributed by atoms with Crippen LogP contribution in [0.15, 0.2) is 35.4 Å². The lowest BCUT2D eigenvalue weighted by Gasteiger charge is -2.10. The van der Waals surface area contributed by atoms with Crippen LogP contribution in [0.4, 0.5) is 5.69 Å². The van der Waals surface area contributed by atoms with Gasteiger partial charge in [-0.2, -0.15) is 0 Å². The molecule has 3 aromatic rings. The van der Waals surface area contributed by atoms with E-state index in [0.29, 0.717) is 13.1 Å². The van der Waals surface area contributed by atoms with Crippen LogP contribution in [-0.2, 0) is 30.6 Å². The van der Waals surface area contributed by atoms with Crippen LogP contribution < -0.4 is 16.6 Å². The smallest absolute Gasteiger partial charge is 0.262 e. The van der Waals surface area contributed by atoms with E-state index in [4.69, 9.17) is 5.73 Å². The maximum absolute atomic E-state index is 12.9. The summed E-state index contributed by atoms with van der Waals surface area (Å²) in [6.07, 6.45) is 6.91. The predicted octanol–water partition coefficient (Wildman–Crippen LogP) is 2.67. The second kappa shape index (κ2) is 8.14. The largest absolute Gasteiger partial charge is 0.399 e. The molecule has 0 radical (unpaired) electrons. The molecule has 3 N–H and O–H groups in total. The first-order chi connectivity index (χ1) is 13.6. The molecule has 6 nitrogen and oxygen atoms in total. The Morgan fingerprint density at radius 2 is 2.00 bits per heavy atom. The Morgan fingerprint density at radius 1 is 1.21 bits per heavy atom. The molecule has 0 saturated carbocycles. The Kier molecular flexibility index (Phi) is 5.43. The first kappa shape index (κ1) is 18.7. The number of thiophene rings is 1. The molecule has 28 heavy (non-hydrogen) atoms. The van der Waals surface area contributed by atoms with Gasteiger partial charge in [0.25, 0.3) is 5.56 Å². The van der Waals surface area contributed by atoms with Gasteiger partial charge in [-0.1, -0.05) is 12.1 Å². The number of rotatable bonds is 6. The van der Waals surface area contributed by atoms with Crippen molar-refractivity contribution in [1.29, 1.82) is 0 Å². The number of hydrogen-bond donors (Lipinski definition) is 2. The molecule has 0 unspecified atom stereocenters. The van der Waals surface area contributed by atoms with Gasteiger partial charge in [0.15, 0.2) is 0 Å². The molecule has 2 heterocycles. The molecule has 146 valence electrons. The van der Waals surface area contributed by atoms with Crippen LogP contribution in [-0.4, -0.2) is 22.0 Å². The van der Waals surface area contributed by atoms with Crippen LogP contribution in [0, 0.1) is 0 Å². The third kappa shape index (κ3) is 3.94. The van der Waals surface area contributed by atoms with E-state index in [1.165, 1.54) is 16.9 Å². The minimum absolute atomic E-state index is 0.0147. The third-order valence-corrected chi connectivity index (χ3v) is 6.44. The zero-order valence-electron chi connectivity index (χ0n) is 15.7. The monoisotopic (exact) mass is 396 g/mol. The number of anilines is 1. The van der Waals surface area contributed by atoms with Crippen LogP contribution in [0.2, 0.25) is 0 Å². The molecule has 1 aliphatic carbocycles. The summed E-state index contributed by atoms with van der Waals surface area (Å²) in [6, 6.07) is 7.64. The number of fused-ring (bicyclic) bond motifs is 3. The van der Waals surface area contributed by atoms with Gasteiger partial charge in [-0.15, -0.1) is 11.3 Å². The Labute approximate surface area is 167 Å². The quantitative estimate of drug-likeness (QED) is 0.627. The molecule has 0 atom stereocenters. The lowest BCUT2D eigenvalue weighted by Crippen LogP contribution is -2.29. The highest BCUT2D eigenvalue weighted by atomic mass is 32.1. The van der Waals surface area contributed by atoms with E-state index in [1.807, 2.05) is 24.3 Å². The molecule has 1 amide bonds. The second-order valence-corrected chi connectivity index (χ2v) is 8.31. The molecular formula is C21H24N4O2S. The Hall–Kier alpha value is -2.67. The number of hydrogen-bond acceptors (Lipinski definition) is 5. The normalized spacial score (nSPS) is 13.4. The van der Waals surface area contributed by atoms with Crippen molar-refractivity contribution in [2.75, 3.05) is 12.3 Å². The fourth-order valence-electron chi connectivity index (χ4n) is 3.68. The summed E-state index contributed by atoms with van der Waals surface area (Å²) in [5, 5.41) is 3.68. The number of amides is 1. The summed E-state index contributed by atoms with van der Waals surface area (Å²) in [4.78, 5) is 31.7. The molecule has 0 aliphatic heterocycles. The maximum Gasteiger partial charge on any atom is 0.262 e. The molecule has 1 aliphatic rings. The number of nitrogens with two attached hydrogens (primary N) is 1. The van der Waals surface area contributed by atoms with Crippen LogP contribution in [0.5, 0.6) is 0 Å². The molecule has 0 saturated heterocycles. The fourth-order valence-corrected chi connectivity index (χ4v) is 4.90.